The van der Waals surface area contributed by atoms with Gasteiger partial charge < -0.3 is 10.1 Å². The van der Waals surface area contributed by atoms with E-state index in [1.807, 2.05) is 30.3 Å². The number of aryl methyl sites for hydroxylation is 1. The Hall–Kier alpha value is -3.40. The number of sulfonamides is 1. The van der Waals surface area contributed by atoms with Crippen molar-refractivity contribution in [3.8, 4) is 11.4 Å². The van der Waals surface area contributed by atoms with Gasteiger partial charge in [0.2, 0.25) is 0 Å². The lowest BCUT2D eigenvalue weighted by molar-refractivity contribution is -0.118. The number of hydrogen-bond donors (Lipinski definition) is 2. The van der Waals surface area contributed by atoms with Crippen molar-refractivity contribution in [2.75, 3.05) is 16.6 Å². The number of aromatic nitrogens is 3. The minimum Gasteiger partial charge on any atom is -0.482 e. The molecular weight excluding hydrogens is 370 g/mol. The predicted octanol–water partition coefficient (Wildman–Crippen LogP) is 1.71. The number of carbonyl (C=O) groups excluding carboxylic acids is 1. The zero-order chi connectivity index (χ0) is 19.0. The third kappa shape index (κ3) is 3.34. The van der Waals surface area contributed by atoms with Crippen LogP contribution < -0.4 is 14.8 Å². The number of benzene rings is 2. The molecule has 0 bridgehead atoms. The second-order valence-electron chi connectivity index (χ2n) is 5.83. The van der Waals surface area contributed by atoms with Gasteiger partial charge >= 0.3 is 0 Å². The van der Waals surface area contributed by atoms with E-state index in [1.165, 1.54) is 18.2 Å². The molecule has 9 nitrogen and oxygen atoms in total. The summed E-state index contributed by atoms with van der Waals surface area (Å²) in [5.74, 6) is 0.498. The molecule has 2 aromatic carbocycles. The van der Waals surface area contributed by atoms with Gasteiger partial charge in [-0.15, -0.1) is 5.10 Å². The number of ether oxygens (including phenoxy) is 1. The largest absolute Gasteiger partial charge is 0.482 e. The third-order valence-electron chi connectivity index (χ3n) is 3.89. The van der Waals surface area contributed by atoms with Crippen LogP contribution in [-0.2, 0) is 14.8 Å². The van der Waals surface area contributed by atoms with Crippen LogP contribution in [0.4, 0.5) is 11.6 Å². The normalized spacial score (nSPS) is 13.4. The lowest BCUT2D eigenvalue weighted by atomic mass is 10.2. The molecule has 0 saturated carbocycles. The Kier molecular flexibility index (Phi) is 4.04. The van der Waals surface area contributed by atoms with Crippen LogP contribution in [-0.4, -0.2) is 35.7 Å². The molecule has 0 aliphatic carbocycles. The maximum absolute atomic E-state index is 12.7. The van der Waals surface area contributed by atoms with Gasteiger partial charge in [-0.2, -0.15) is 4.98 Å². The fourth-order valence-corrected chi connectivity index (χ4v) is 3.60. The molecule has 0 unspecified atom stereocenters. The first-order valence-electron chi connectivity index (χ1n) is 8.01. The van der Waals surface area contributed by atoms with Crippen molar-refractivity contribution < 1.29 is 17.9 Å². The first-order chi connectivity index (χ1) is 12.9. The summed E-state index contributed by atoms with van der Waals surface area (Å²) in [7, 11) is -3.93. The van der Waals surface area contributed by atoms with E-state index >= 15 is 0 Å². The summed E-state index contributed by atoms with van der Waals surface area (Å²) in [5.41, 5.74) is 1.19. The SMILES string of the molecule is Cc1nc(NS(=O)(=O)c2ccc3c(c2)OCC(=O)N3)nn1-c1ccccc1. The Bertz CT molecular complexity index is 1130. The van der Waals surface area contributed by atoms with Gasteiger partial charge in [-0.25, -0.2) is 17.8 Å². The number of rotatable bonds is 4. The summed E-state index contributed by atoms with van der Waals surface area (Å²) in [4.78, 5) is 15.5. The Balaban J connectivity index is 1.62. The highest BCUT2D eigenvalue weighted by atomic mass is 32.2. The predicted molar refractivity (Wildman–Crippen MR) is 97.5 cm³/mol. The Morgan fingerprint density at radius 1 is 1.19 bits per heavy atom. The highest BCUT2D eigenvalue weighted by Crippen LogP contribution is 2.30. The number of amides is 1. The van der Waals surface area contributed by atoms with Gasteiger partial charge in [-0.05, 0) is 31.2 Å². The van der Waals surface area contributed by atoms with E-state index in [4.69, 9.17) is 4.74 Å². The molecule has 0 spiro atoms. The molecule has 1 aliphatic rings. The molecule has 10 heteroatoms. The first-order valence-corrected chi connectivity index (χ1v) is 9.49. The van der Waals surface area contributed by atoms with E-state index < -0.39 is 10.0 Å². The molecule has 2 heterocycles. The second-order valence-corrected chi connectivity index (χ2v) is 7.51. The van der Waals surface area contributed by atoms with Gasteiger partial charge in [0, 0.05) is 6.07 Å². The smallest absolute Gasteiger partial charge is 0.264 e. The molecule has 0 radical (unpaired) electrons. The average molecular weight is 385 g/mol. The zero-order valence-corrected chi connectivity index (χ0v) is 15.0. The molecule has 0 atom stereocenters. The number of nitrogens with zero attached hydrogens (tertiary/aromatic N) is 3. The van der Waals surface area contributed by atoms with Gasteiger partial charge in [-0.1, -0.05) is 18.2 Å². The average Bonchev–Trinajstić information content (AvgIpc) is 3.01. The first kappa shape index (κ1) is 17.0. The zero-order valence-electron chi connectivity index (χ0n) is 14.2. The van der Waals surface area contributed by atoms with E-state index in [-0.39, 0.29) is 29.1 Å². The molecule has 1 aromatic heterocycles. The second kappa shape index (κ2) is 6.40. The Morgan fingerprint density at radius 3 is 2.74 bits per heavy atom. The molecule has 0 fully saturated rings. The van der Waals surface area contributed by atoms with Crippen molar-refractivity contribution >= 4 is 27.6 Å². The molecule has 138 valence electrons. The van der Waals surface area contributed by atoms with Crippen LogP contribution in [0.15, 0.2) is 53.4 Å². The van der Waals surface area contributed by atoms with Gasteiger partial charge in [0.1, 0.15) is 11.6 Å². The maximum Gasteiger partial charge on any atom is 0.264 e. The summed E-state index contributed by atoms with van der Waals surface area (Å²) in [6.07, 6.45) is 0. The van der Waals surface area contributed by atoms with E-state index in [1.54, 1.807) is 11.6 Å². The van der Waals surface area contributed by atoms with Crippen LogP contribution >= 0.6 is 0 Å². The number of hydrogen-bond acceptors (Lipinski definition) is 6. The number of para-hydroxylation sites is 1. The Labute approximate surface area is 155 Å². The van der Waals surface area contributed by atoms with Crippen molar-refractivity contribution in [3.63, 3.8) is 0 Å². The number of fused-ring (bicyclic) bond motifs is 1. The summed E-state index contributed by atoms with van der Waals surface area (Å²) in [5, 5.41) is 6.83. The molecular formula is C17H15N5O4S. The fourth-order valence-electron chi connectivity index (χ4n) is 2.65. The van der Waals surface area contributed by atoms with Crippen LogP contribution in [0.3, 0.4) is 0 Å². The minimum atomic E-state index is -3.93. The van der Waals surface area contributed by atoms with Gasteiger partial charge in [0.05, 0.1) is 16.3 Å². The van der Waals surface area contributed by atoms with Crippen LogP contribution in [0.5, 0.6) is 5.75 Å². The van der Waals surface area contributed by atoms with Gasteiger partial charge in [0.25, 0.3) is 21.9 Å². The molecule has 2 N–H and O–H groups in total. The third-order valence-corrected chi connectivity index (χ3v) is 5.22. The van der Waals surface area contributed by atoms with Crippen molar-refractivity contribution in [2.45, 2.75) is 11.8 Å². The van der Waals surface area contributed by atoms with Crippen LogP contribution in [0.25, 0.3) is 5.69 Å². The van der Waals surface area contributed by atoms with Crippen molar-refractivity contribution in [1.29, 1.82) is 0 Å². The molecule has 3 aromatic rings. The van der Waals surface area contributed by atoms with Crippen molar-refractivity contribution in [1.82, 2.24) is 14.8 Å². The quantitative estimate of drug-likeness (QED) is 0.706. The molecule has 0 saturated heterocycles. The fraction of sp³-hybridized carbons (Fsp3) is 0.118. The summed E-state index contributed by atoms with van der Waals surface area (Å²) >= 11 is 0. The number of nitrogens with one attached hydrogen (secondary N) is 2. The highest BCUT2D eigenvalue weighted by Gasteiger charge is 2.22. The number of carbonyl (C=O) groups is 1. The van der Waals surface area contributed by atoms with Crippen LogP contribution in [0.1, 0.15) is 5.82 Å². The number of anilines is 2. The van der Waals surface area contributed by atoms with Gasteiger partial charge in [0.15, 0.2) is 6.61 Å². The maximum atomic E-state index is 12.7. The highest BCUT2D eigenvalue weighted by molar-refractivity contribution is 7.92. The van der Waals surface area contributed by atoms with Crippen molar-refractivity contribution in [2.24, 2.45) is 0 Å². The van der Waals surface area contributed by atoms with E-state index in [9.17, 15) is 13.2 Å². The minimum absolute atomic E-state index is 0.0221. The Morgan fingerprint density at radius 2 is 1.96 bits per heavy atom. The monoisotopic (exact) mass is 385 g/mol. The lowest BCUT2D eigenvalue weighted by Crippen LogP contribution is -2.25. The van der Waals surface area contributed by atoms with Gasteiger partial charge in [-0.3, -0.25) is 4.79 Å². The summed E-state index contributed by atoms with van der Waals surface area (Å²) < 4.78 is 34.5. The van der Waals surface area contributed by atoms with Crippen LogP contribution in [0.2, 0.25) is 0 Å². The van der Waals surface area contributed by atoms with Crippen LogP contribution in [0, 0.1) is 6.92 Å². The summed E-state index contributed by atoms with van der Waals surface area (Å²) in [6.45, 7) is 1.57. The van der Waals surface area contributed by atoms with Crippen molar-refractivity contribution in [3.05, 3.63) is 54.4 Å². The molecule has 1 amide bonds. The lowest BCUT2D eigenvalue weighted by Gasteiger charge is -2.18. The van der Waals surface area contributed by atoms with E-state index in [2.05, 4.69) is 20.1 Å². The molecule has 4 rings (SSSR count). The van der Waals surface area contributed by atoms with E-state index in [0.717, 1.165) is 5.69 Å². The topological polar surface area (TPSA) is 115 Å². The van der Waals surface area contributed by atoms with E-state index in [0.29, 0.717) is 11.5 Å². The summed E-state index contributed by atoms with van der Waals surface area (Å²) in [6, 6.07) is 13.5. The standard InChI is InChI=1S/C17H15N5O4S/c1-11-18-17(20-22(11)12-5-3-2-4-6-12)21-27(24,25)13-7-8-14-15(9-13)26-10-16(23)19-14/h2-9H,10H2,1H3,(H,19,23)(H,20,21). The molecule has 27 heavy (non-hydrogen) atoms. The molecule has 1 aliphatic heterocycles.